The van der Waals surface area contributed by atoms with E-state index in [9.17, 15) is 5.11 Å². The maximum atomic E-state index is 10.0. The van der Waals surface area contributed by atoms with Gasteiger partial charge in [0.15, 0.2) is 0 Å². The van der Waals surface area contributed by atoms with E-state index in [4.69, 9.17) is 0 Å². The largest absolute Gasteiger partial charge is 0.392 e. The summed E-state index contributed by atoms with van der Waals surface area (Å²) in [5.74, 6) is 0. The molecule has 0 spiro atoms. The maximum absolute atomic E-state index is 10.0. The van der Waals surface area contributed by atoms with Crippen LogP contribution in [-0.4, -0.2) is 32.8 Å². The highest BCUT2D eigenvalue weighted by molar-refractivity contribution is 4.83. The molecule has 4 nitrogen and oxygen atoms in total. The molecule has 0 radical (unpaired) electrons. The lowest BCUT2D eigenvalue weighted by atomic mass is 10.1. The Kier molecular flexibility index (Phi) is 4.57. The number of aromatic nitrogens is 2. The zero-order chi connectivity index (χ0) is 12.1. The first-order valence-electron chi connectivity index (χ1n) is 6.65. The Morgan fingerprint density at radius 1 is 1.41 bits per heavy atom. The monoisotopic (exact) mass is 237 g/mol. The lowest BCUT2D eigenvalue weighted by Gasteiger charge is -2.26. The molecule has 4 heteroatoms. The fraction of sp³-hybridized carbons (Fsp3) is 0.769. The van der Waals surface area contributed by atoms with Crippen molar-refractivity contribution in [3.8, 4) is 0 Å². The summed E-state index contributed by atoms with van der Waals surface area (Å²) in [4.78, 5) is 4.04. The first-order chi connectivity index (χ1) is 8.25. The number of hydrogen-bond acceptors (Lipinski definition) is 3. The molecule has 3 atom stereocenters. The van der Waals surface area contributed by atoms with Crippen molar-refractivity contribution >= 4 is 0 Å². The van der Waals surface area contributed by atoms with Crippen LogP contribution in [0.3, 0.4) is 0 Å². The van der Waals surface area contributed by atoms with Gasteiger partial charge in [0.25, 0.3) is 0 Å². The van der Waals surface area contributed by atoms with Crippen LogP contribution in [0.15, 0.2) is 18.7 Å². The van der Waals surface area contributed by atoms with Gasteiger partial charge in [0.1, 0.15) is 0 Å². The SMILES string of the molecule is CC(Cn1ccnc1)NC1CCCCCC1O. The van der Waals surface area contributed by atoms with Gasteiger partial charge in [0.2, 0.25) is 0 Å². The van der Waals surface area contributed by atoms with Gasteiger partial charge in [0.05, 0.1) is 12.4 Å². The van der Waals surface area contributed by atoms with Crippen LogP contribution < -0.4 is 5.32 Å². The molecule has 0 aromatic carbocycles. The molecule has 3 unspecified atom stereocenters. The zero-order valence-corrected chi connectivity index (χ0v) is 10.5. The standard InChI is InChI=1S/C13H23N3O/c1-11(9-16-8-7-14-10-16)15-12-5-3-2-4-6-13(12)17/h7-8,10-13,15,17H,2-6,9H2,1H3. The van der Waals surface area contributed by atoms with E-state index in [1.807, 2.05) is 12.5 Å². The summed E-state index contributed by atoms with van der Waals surface area (Å²) in [6.07, 6.45) is 11.1. The van der Waals surface area contributed by atoms with Crippen LogP contribution in [0, 0.1) is 0 Å². The molecule has 1 aliphatic rings. The van der Waals surface area contributed by atoms with Gasteiger partial charge in [0, 0.05) is 31.0 Å². The van der Waals surface area contributed by atoms with Gasteiger partial charge in [-0.05, 0) is 19.8 Å². The number of imidazole rings is 1. The van der Waals surface area contributed by atoms with Crippen molar-refractivity contribution in [3.63, 3.8) is 0 Å². The van der Waals surface area contributed by atoms with Crippen LogP contribution in [0.25, 0.3) is 0 Å². The molecule has 2 N–H and O–H groups in total. The van der Waals surface area contributed by atoms with E-state index in [0.717, 1.165) is 25.8 Å². The van der Waals surface area contributed by atoms with Crippen molar-refractivity contribution in [2.45, 2.75) is 63.8 Å². The van der Waals surface area contributed by atoms with Crippen molar-refractivity contribution in [3.05, 3.63) is 18.7 Å². The second kappa shape index (κ2) is 6.17. The third-order valence-corrected chi connectivity index (χ3v) is 3.52. The Morgan fingerprint density at radius 2 is 2.24 bits per heavy atom. The van der Waals surface area contributed by atoms with Crippen LogP contribution in [0.4, 0.5) is 0 Å². The molecule has 96 valence electrons. The lowest BCUT2D eigenvalue weighted by molar-refractivity contribution is 0.113. The highest BCUT2D eigenvalue weighted by Gasteiger charge is 2.22. The normalized spacial score (nSPS) is 27.6. The van der Waals surface area contributed by atoms with Gasteiger partial charge in [-0.15, -0.1) is 0 Å². The molecule has 0 bridgehead atoms. The molecule has 2 rings (SSSR count). The van der Waals surface area contributed by atoms with Gasteiger partial charge in [-0.25, -0.2) is 4.98 Å². The third-order valence-electron chi connectivity index (χ3n) is 3.52. The fourth-order valence-corrected chi connectivity index (χ4v) is 2.61. The lowest BCUT2D eigenvalue weighted by Crippen LogP contribution is -2.45. The van der Waals surface area contributed by atoms with Gasteiger partial charge in [-0.2, -0.15) is 0 Å². The summed E-state index contributed by atoms with van der Waals surface area (Å²) >= 11 is 0. The minimum absolute atomic E-state index is 0.178. The number of rotatable bonds is 4. The molecular formula is C13H23N3O. The van der Waals surface area contributed by atoms with E-state index < -0.39 is 0 Å². The van der Waals surface area contributed by atoms with Crippen LogP contribution >= 0.6 is 0 Å². The summed E-state index contributed by atoms with van der Waals surface area (Å²) < 4.78 is 2.07. The fourth-order valence-electron chi connectivity index (χ4n) is 2.61. The van der Waals surface area contributed by atoms with E-state index in [1.54, 1.807) is 6.20 Å². The Balaban J connectivity index is 1.82. The predicted octanol–water partition coefficient (Wildman–Crippen LogP) is 1.55. The van der Waals surface area contributed by atoms with Crippen LogP contribution in [0.2, 0.25) is 0 Å². The summed E-state index contributed by atoms with van der Waals surface area (Å²) in [6, 6.07) is 0.623. The molecule has 1 aromatic heterocycles. The average molecular weight is 237 g/mol. The Bertz CT molecular complexity index is 312. The second-order valence-electron chi connectivity index (χ2n) is 5.14. The van der Waals surface area contributed by atoms with Gasteiger partial charge in [-0.1, -0.05) is 19.3 Å². The Morgan fingerprint density at radius 3 is 3.00 bits per heavy atom. The topological polar surface area (TPSA) is 50.1 Å². The molecule has 1 aromatic rings. The molecule has 1 aliphatic carbocycles. The van der Waals surface area contributed by atoms with Crippen molar-refractivity contribution < 1.29 is 5.11 Å². The number of aliphatic hydroxyl groups is 1. The van der Waals surface area contributed by atoms with Crippen molar-refractivity contribution in [2.75, 3.05) is 0 Å². The van der Waals surface area contributed by atoms with E-state index in [2.05, 4.69) is 21.8 Å². The molecule has 0 saturated heterocycles. The highest BCUT2D eigenvalue weighted by Crippen LogP contribution is 2.18. The number of hydrogen-bond donors (Lipinski definition) is 2. The van der Waals surface area contributed by atoms with E-state index in [1.165, 1.54) is 12.8 Å². The summed E-state index contributed by atoms with van der Waals surface area (Å²) in [7, 11) is 0. The predicted molar refractivity (Wildman–Crippen MR) is 67.7 cm³/mol. The summed E-state index contributed by atoms with van der Waals surface area (Å²) in [6.45, 7) is 3.07. The third kappa shape index (κ3) is 3.82. The average Bonchev–Trinajstić information content (AvgIpc) is 2.71. The van der Waals surface area contributed by atoms with Crippen molar-refractivity contribution in [1.29, 1.82) is 0 Å². The number of aliphatic hydroxyl groups excluding tert-OH is 1. The Labute approximate surface area is 103 Å². The zero-order valence-electron chi connectivity index (χ0n) is 10.5. The van der Waals surface area contributed by atoms with Gasteiger partial charge >= 0.3 is 0 Å². The van der Waals surface area contributed by atoms with E-state index in [-0.39, 0.29) is 12.1 Å². The molecular weight excluding hydrogens is 214 g/mol. The molecule has 1 heterocycles. The van der Waals surface area contributed by atoms with Crippen molar-refractivity contribution in [2.24, 2.45) is 0 Å². The molecule has 1 fully saturated rings. The van der Waals surface area contributed by atoms with Crippen LogP contribution in [-0.2, 0) is 6.54 Å². The maximum Gasteiger partial charge on any atom is 0.0946 e. The first-order valence-corrected chi connectivity index (χ1v) is 6.65. The van der Waals surface area contributed by atoms with Gasteiger partial charge in [-0.3, -0.25) is 0 Å². The minimum Gasteiger partial charge on any atom is -0.392 e. The summed E-state index contributed by atoms with van der Waals surface area (Å²) in [5, 5.41) is 13.6. The van der Waals surface area contributed by atoms with Crippen molar-refractivity contribution in [1.82, 2.24) is 14.9 Å². The number of nitrogens with one attached hydrogen (secondary N) is 1. The molecule has 1 saturated carbocycles. The quantitative estimate of drug-likeness (QED) is 0.781. The molecule has 0 aliphatic heterocycles. The number of nitrogens with zero attached hydrogens (tertiary/aromatic N) is 2. The minimum atomic E-state index is -0.178. The highest BCUT2D eigenvalue weighted by atomic mass is 16.3. The van der Waals surface area contributed by atoms with E-state index >= 15 is 0 Å². The van der Waals surface area contributed by atoms with Crippen LogP contribution in [0.1, 0.15) is 39.0 Å². The Hall–Kier alpha value is -0.870. The molecule has 17 heavy (non-hydrogen) atoms. The van der Waals surface area contributed by atoms with Gasteiger partial charge < -0.3 is 15.0 Å². The van der Waals surface area contributed by atoms with Crippen LogP contribution in [0.5, 0.6) is 0 Å². The molecule has 0 amide bonds. The summed E-state index contributed by atoms with van der Waals surface area (Å²) in [5.41, 5.74) is 0. The second-order valence-corrected chi connectivity index (χ2v) is 5.14. The smallest absolute Gasteiger partial charge is 0.0946 e. The van der Waals surface area contributed by atoms with E-state index in [0.29, 0.717) is 6.04 Å². The first kappa shape index (κ1) is 12.6.